The number of aromatic nitrogens is 1. The molecule has 0 bridgehead atoms. The molecule has 0 saturated heterocycles. The third-order valence-corrected chi connectivity index (χ3v) is 3.14. The average Bonchev–Trinajstić information content (AvgIpc) is 2.53. The molecule has 0 saturated carbocycles. The molecule has 0 fully saturated rings. The van der Waals surface area contributed by atoms with Crippen molar-refractivity contribution < 1.29 is 9.53 Å². The van der Waals surface area contributed by atoms with E-state index in [1.54, 1.807) is 0 Å². The zero-order valence-corrected chi connectivity index (χ0v) is 10.4. The quantitative estimate of drug-likeness (QED) is 0.571. The fourth-order valence-electron chi connectivity index (χ4n) is 1.08. The van der Waals surface area contributed by atoms with E-state index < -0.39 is 0 Å². The van der Waals surface area contributed by atoms with Gasteiger partial charge in [-0.2, -0.15) is 4.98 Å². The Hall–Kier alpha value is -0.610. The maximum absolute atomic E-state index is 10.5. The monoisotopic (exact) mass is 247 g/mol. The van der Waals surface area contributed by atoms with Gasteiger partial charge in [0.15, 0.2) is 11.4 Å². The normalized spacial score (nSPS) is 10.7. The molecule has 0 aliphatic rings. The van der Waals surface area contributed by atoms with Crippen LogP contribution in [-0.4, -0.2) is 17.9 Å². The first-order valence-electron chi connectivity index (χ1n) is 4.87. The van der Waals surface area contributed by atoms with Crippen molar-refractivity contribution in [2.75, 3.05) is 6.61 Å². The highest BCUT2D eigenvalue weighted by molar-refractivity contribution is 7.15. The summed E-state index contributed by atoms with van der Waals surface area (Å²) in [6, 6.07) is 0. The first kappa shape index (κ1) is 12.5. The summed E-state index contributed by atoms with van der Waals surface area (Å²) in [5.41, 5.74) is 0. The first-order valence-corrected chi connectivity index (χ1v) is 6.07. The topological polar surface area (TPSA) is 39.2 Å². The standard InChI is InChI=1S/C10H14ClNO2S/c1-7(2)4-3-5-14-10-12-9(11)8(6-13)15-10/h6-7H,3-5H2,1-2H3. The number of carbonyl (C=O) groups excluding carboxylic acids is 1. The SMILES string of the molecule is CC(C)CCCOc1nc(Cl)c(C=O)s1. The molecule has 15 heavy (non-hydrogen) atoms. The molecule has 0 spiro atoms. The summed E-state index contributed by atoms with van der Waals surface area (Å²) >= 11 is 6.88. The van der Waals surface area contributed by atoms with Gasteiger partial charge in [-0.05, 0) is 18.8 Å². The van der Waals surface area contributed by atoms with Gasteiger partial charge in [-0.3, -0.25) is 4.79 Å². The highest BCUT2D eigenvalue weighted by atomic mass is 35.5. The predicted octanol–water partition coefficient (Wildman–Crippen LogP) is 3.42. The van der Waals surface area contributed by atoms with Crippen LogP contribution in [0.15, 0.2) is 0 Å². The van der Waals surface area contributed by atoms with Crippen molar-refractivity contribution in [3.63, 3.8) is 0 Å². The number of nitrogens with zero attached hydrogens (tertiary/aromatic N) is 1. The molecule has 1 aromatic heterocycles. The molecule has 0 atom stereocenters. The molecule has 0 aliphatic heterocycles. The van der Waals surface area contributed by atoms with Crippen molar-refractivity contribution in [1.82, 2.24) is 4.98 Å². The molecular formula is C10H14ClNO2S. The zero-order valence-electron chi connectivity index (χ0n) is 8.83. The Labute approximate surface area is 98.4 Å². The van der Waals surface area contributed by atoms with E-state index in [1.807, 2.05) is 0 Å². The molecule has 1 rings (SSSR count). The fraction of sp³-hybridized carbons (Fsp3) is 0.600. The van der Waals surface area contributed by atoms with Crippen molar-refractivity contribution in [2.24, 2.45) is 5.92 Å². The van der Waals surface area contributed by atoms with E-state index in [0.29, 0.717) is 28.9 Å². The van der Waals surface area contributed by atoms with Crippen LogP contribution < -0.4 is 4.74 Å². The first-order chi connectivity index (χ1) is 7.13. The second-order valence-electron chi connectivity index (χ2n) is 3.64. The highest BCUT2D eigenvalue weighted by Gasteiger charge is 2.08. The molecule has 0 N–H and O–H groups in total. The summed E-state index contributed by atoms with van der Waals surface area (Å²) in [5.74, 6) is 0.680. The van der Waals surface area contributed by atoms with Gasteiger partial charge < -0.3 is 4.74 Å². The van der Waals surface area contributed by atoms with E-state index in [0.717, 1.165) is 12.8 Å². The highest BCUT2D eigenvalue weighted by Crippen LogP contribution is 2.27. The number of hydrogen-bond acceptors (Lipinski definition) is 4. The molecule has 0 aliphatic carbocycles. The van der Waals surface area contributed by atoms with Gasteiger partial charge in [-0.1, -0.05) is 36.8 Å². The van der Waals surface area contributed by atoms with Crippen molar-refractivity contribution in [3.8, 4) is 5.19 Å². The lowest BCUT2D eigenvalue weighted by atomic mass is 10.1. The van der Waals surface area contributed by atoms with Gasteiger partial charge in [0, 0.05) is 0 Å². The van der Waals surface area contributed by atoms with Gasteiger partial charge in [-0.15, -0.1) is 0 Å². The molecule has 1 heterocycles. The lowest BCUT2D eigenvalue weighted by Crippen LogP contribution is -1.99. The number of ether oxygens (including phenoxy) is 1. The van der Waals surface area contributed by atoms with Crippen LogP contribution >= 0.6 is 22.9 Å². The Morgan fingerprint density at radius 3 is 2.87 bits per heavy atom. The second-order valence-corrected chi connectivity index (χ2v) is 4.99. The molecule has 0 amide bonds. The molecule has 1 aromatic rings. The van der Waals surface area contributed by atoms with Crippen LogP contribution in [-0.2, 0) is 0 Å². The van der Waals surface area contributed by atoms with E-state index in [9.17, 15) is 4.79 Å². The van der Waals surface area contributed by atoms with Crippen LogP contribution in [0.25, 0.3) is 0 Å². The second kappa shape index (κ2) is 6.08. The molecule has 0 unspecified atom stereocenters. The van der Waals surface area contributed by atoms with Crippen molar-refractivity contribution in [1.29, 1.82) is 0 Å². The maximum atomic E-state index is 10.5. The molecular weight excluding hydrogens is 234 g/mol. The van der Waals surface area contributed by atoms with Crippen molar-refractivity contribution >= 4 is 29.2 Å². The van der Waals surface area contributed by atoms with Crippen molar-refractivity contribution in [2.45, 2.75) is 26.7 Å². The Kier molecular flexibility index (Phi) is 5.05. The van der Waals surface area contributed by atoms with Gasteiger partial charge in [0.2, 0.25) is 0 Å². The van der Waals surface area contributed by atoms with Crippen LogP contribution in [0.4, 0.5) is 0 Å². The lowest BCUT2D eigenvalue weighted by molar-refractivity contribution is 0.112. The zero-order chi connectivity index (χ0) is 11.3. The van der Waals surface area contributed by atoms with Crippen LogP contribution in [0.1, 0.15) is 36.4 Å². The van der Waals surface area contributed by atoms with Crippen LogP contribution in [0.2, 0.25) is 5.15 Å². The summed E-state index contributed by atoms with van der Waals surface area (Å²) in [5, 5.41) is 0.708. The lowest BCUT2D eigenvalue weighted by Gasteiger charge is -2.04. The molecule has 5 heteroatoms. The third kappa shape index (κ3) is 4.18. The molecule has 84 valence electrons. The minimum absolute atomic E-state index is 0.230. The number of rotatable bonds is 6. The number of halogens is 1. The smallest absolute Gasteiger partial charge is 0.275 e. The van der Waals surface area contributed by atoms with Gasteiger partial charge in [-0.25, -0.2) is 0 Å². The summed E-state index contributed by atoms with van der Waals surface area (Å²) in [6.45, 7) is 4.97. The van der Waals surface area contributed by atoms with Crippen LogP contribution in [0.5, 0.6) is 5.19 Å². The summed E-state index contributed by atoms with van der Waals surface area (Å²) < 4.78 is 5.38. The van der Waals surface area contributed by atoms with Gasteiger partial charge >= 0.3 is 0 Å². The van der Waals surface area contributed by atoms with E-state index in [2.05, 4.69) is 18.8 Å². The third-order valence-electron chi connectivity index (χ3n) is 1.85. The molecule has 3 nitrogen and oxygen atoms in total. The number of aldehydes is 1. The fourth-order valence-corrected chi connectivity index (χ4v) is 2.01. The Balaban J connectivity index is 2.34. The Morgan fingerprint density at radius 1 is 1.60 bits per heavy atom. The van der Waals surface area contributed by atoms with E-state index >= 15 is 0 Å². The number of thiazole rings is 1. The minimum atomic E-state index is 0.230. The van der Waals surface area contributed by atoms with E-state index in [4.69, 9.17) is 16.3 Å². The predicted molar refractivity (Wildman–Crippen MR) is 62.1 cm³/mol. The number of hydrogen-bond donors (Lipinski definition) is 0. The van der Waals surface area contributed by atoms with Crippen LogP contribution in [0, 0.1) is 5.92 Å². The minimum Gasteiger partial charge on any atom is -0.470 e. The Morgan fingerprint density at radius 2 is 2.33 bits per heavy atom. The summed E-state index contributed by atoms with van der Waals surface area (Å²) in [7, 11) is 0. The molecule has 0 aromatic carbocycles. The van der Waals surface area contributed by atoms with Gasteiger partial charge in [0.05, 0.1) is 6.61 Å². The Bertz CT molecular complexity index is 325. The van der Waals surface area contributed by atoms with E-state index in [-0.39, 0.29) is 5.15 Å². The summed E-state index contributed by atoms with van der Waals surface area (Å²) in [6.07, 6.45) is 2.81. The van der Waals surface area contributed by atoms with Crippen LogP contribution in [0.3, 0.4) is 0 Å². The van der Waals surface area contributed by atoms with Gasteiger partial charge in [0.1, 0.15) is 4.88 Å². The summed E-state index contributed by atoms with van der Waals surface area (Å²) in [4.78, 5) is 14.8. The van der Waals surface area contributed by atoms with Gasteiger partial charge in [0.25, 0.3) is 5.19 Å². The average molecular weight is 248 g/mol. The number of carbonyl (C=O) groups is 1. The van der Waals surface area contributed by atoms with Crippen molar-refractivity contribution in [3.05, 3.63) is 10.0 Å². The maximum Gasteiger partial charge on any atom is 0.275 e. The molecule has 0 radical (unpaired) electrons. The largest absolute Gasteiger partial charge is 0.470 e. The van der Waals surface area contributed by atoms with E-state index in [1.165, 1.54) is 11.3 Å².